The van der Waals surface area contributed by atoms with Crippen LogP contribution < -0.4 is 5.32 Å². The molecule has 0 saturated heterocycles. The van der Waals surface area contributed by atoms with E-state index in [1.54, 1.807) is 0 Å². The Morgan fingerprint density at radius 1 is 1.44 bits per heavy atom. The Morgan fingerprint density at radius 3 is 2.62 bits per heavy atom. The Hall–Kier alpha value is -1.31. The first kappa shape index (κ1) is 11.2. The average molecular weight is 217 g/mol. The zero-order valence-corrected chi connectivity index (χ0v) is 10.2. The monoisotopic (exact) mass is 217 g/mol. The van der Waals surface area contributed by atoms with Crippen molar-refractivity contribution < 1.29 is 4.79 Å². The maximum Gasteiger partial charge on any atom is 0.223 e. The Morgan fingerprint density at radius 2 is 2.06 bits per heavy atom. The van der Waals surface area contributed by atoms with Crippen molar-refractivity contribution in [3.63, 3.8) is 0 Å². The molecule has 0 heterocycles. The summed E-state index contributed by atoms with van der Waals surface area (Å²) in [4.78, 5) is 11.8. The van der Waals surface area contributed by atoms with Crippen LogP contribution in [-0.4, -0.2) is 5.91 Å². The molecule has 3 atom stereocenters. The maximum absolute atomic E-state index is 11.8. The number of aryl methyl sites for hydroxylation is 1. The van der Waals surface area contributed by atoms with Crippen molar-refractivity contribution in [2.45, 2.75) is 33.2 Å². The second-order valence-corrected chi connectivity index (χ2v) is 4.91. The number of hydrogen-bond acceptors (Lipinski definition) is 1. The summed E-state index contributed by atoms with van der Waals surface area (Å²) in [5.41, 5.74) is 2.45. The Bertz CT molecular complexity index is 399. The summed E-state index contributed by atoms with van der Waals surface area (Å²) in [6, 6.07) is 8.32. The summed E-state index contributed by atoms with van der Waals surface area (Å²) >= 11 is 0. The van der Waals surface area contributed by atoms with Crippen LogP contribution in [0, 0.1) is 18.8 Å². The highest BCUT2D eigenvalue weighted by Gasteiger charge is 2.39. The first-order chi connectivity index (χ1) is 7.59. The molecule has 1 N–H and O–H groups in total. The molecule has 2 nitrogen and oxygen atoms in total. The lowest BCUT2D eigenvalue weighted by atomic mass is 10.0. The number of carbonyl (C=O) groups excluding carboxylic acids is 1. The minimum Gasteiger partial charge on any atom is -0.349 e. The minimum atomic E-state index is 0.112. The second kappa shape index (κ2) is 4.28. The van der Waals surface area contributed by atoms with Crippen LogP contribution in [0.4, 0.5) is 0 Å². The van der Waals surface area contributed by atoms with Gasteiger partial charge in [0.25, 0.3) is 0 Å². The lowest BCUT2D eigenvalue weighted by Gasteiger charge is -2.16. The van der Waals surface area contributed by atoms with Crippen LogP contribution >= 0.6 is 0 Å². The van der Waals surface area contributed by atoms with E-state index in [2.05, 4.69) is 31.3 Å². The molecule has 0 radical (unpaired) electrons. The Labute approximate surface area is 97.1 Å². The summed E-state index contributed by atoms with van der Waals surface area (Å²) in [5, 5.41) is 3.09. The summed E-state index contributed by atoms with van der Waals surface area (Å²) in [7, 11) is 0. The quantitative estimate of drug-likeness (QED) is 0.828. The fraction of sp³-hybridized carbons (Fsp3) is 0.500. The number of rotatable bonds is 3. The van der Waals surface area contributed by atoms with E-state index in [9.17, 15) is 4.79 Å². The minimum absolute atomic E-state index is 0.112. The predicted octanol–water partition coefficient (Wildman–Crippen LogP) is 2.83. The molecule has 86 valence electrons. The van der Waals surface area contributed by atoms with Crippen LogP contribution in [0.25, 0.3) is 0 Å². The number of nitrogens with one attached hydrogen (secondary N) is 1. The highest BCUT2D eigenvalue weighted by atomic mass is 16.2. The summed E-state index contributed by atoms with van der Waals surface area (Å²) in [5.74, 6) is 1.04. The molecule has 1 aromatic carbocycles. The molecule has 2 heteroatoms. The van der Waals surface area contributed by atoms with E-state index in [0.29, 0.717) is 5.92 Å². The lowest BCUT2D eigenvalue weighted by Crippen LogP contribution is -2.28. The van der Waals surface area contributed by atoms with E-state index in [0.717, 1.165) is 6.42 Å². The van der Waals surface area contributed by atoms with Crippen molar-refractivity contribution in [1.29, 1.82) is 0 Å². The molecule has 1 saturated carbocycles. The molecule has 0 aromatic heterocycles. The van der Waals surface area contributed by atoms with Gasteiger partial charge in [0.2, 0.25) is 5.91 Å². The van der Waals surface area contributed by atoms with Crippen LogP contribution in [-0.2, 0) is 4.79 Å². The van der Waals surface area contributed by atoms with Crippen LogP contribution in [0.3, 0.4) is 0 Å². The van der Waals surface area contributed by atoms with Gasteiger partial charge in [-0.3, -0.25) is 4.79 Å². The molecule has 1 aromatic rings. The molecule has 1 aliphatic carbocycles. The summed E-state index contributed by atoms with van der Waals surface area (Å²) in [6.07, 6.45) is 1.05. The zero-order chi connectivity index (χ0) is 11.7. The van der Waals surface area contributed by atoms with E-state index in [1.807, 2.05) is 19.1 Å². The van der Waals surface area contributed by atoms with Gasteiger partial charge in [-0.05, 0) is 37.3 Å². The molecular weight excluding hydrogens is 198 g/mol. The molecule has 0 bridgehead atoms. The third kappa shape index (κ3) is 2.26. The fourth-order valence-corrected chi connectivity index (χ4v) is 2.16. The maximum atomic E-state index is 11.8. The van der Waals surface area contributed by atoms with Crippen molar-refractivity contribution in [2.75, 3.05) is 0 Å². The van der Waals surface area contributed by atoms with Gasteiger partial charge in [0.1, 0.15) is 0 Å². The molecule has 3 unspecified atom stereocenters. The number of benzene rings is 1. The van der Waals surface area contributed by atoms with Crippen LogP contribution in [0.2, 0.25) is 0 Å². The third-order valence-electron chi connectivity index (χ3n) is 3.46. The van der Waals surface area contributed by atoms with Gasteiger partial charge in [0, 0.05) is 5.92 Å². The van der Waals surface area contributed by atoms with Crippen LogP contribution in [0.15, 0.2) is 24.3 Å². The topological polar surface area (TPSA) is 29.1 Å². The predicted molar refractivity (Wildman–Crippen MR) is 65.0 cm³/mol. The highest BCUT2D eigenvalue weighted by Crippen LogP contribution is 2.38. The zero-order valence-electron chi connectivity index (χ0n) is 10.2. The van der Waals surface area contributed by atoms with Crippen molar-refractivity contribution in [3.8, 4) is 0 Å². The molecule has 2 rings (SSSR count). The van der Waals surface area contributed by atoms with Gasteiger partial charge in [0.05, 0.1) is 6.04 Å². The third-order valence-corrected chi connectivity index (χ3v) is 3.46. The summed E-state index contributed by atoms with van der Waals surface area (Å²) in [6.45, 7) is 6.26. The summed E-state index contributed by atoms with van der Waals surface area (Å²) < 4.78 is 0. The first-order valence-corrected chi connectivity index (χ1v) is 5.95. The van der Waals surface area contributed by atoms with Crippen LogP contribution in [0.1, 0.15) is 37.4 Å². The van der Waals surface area contributed by atoms with Crippen molar-refractivity contribution >= 4 is 5.91 Å². The van der Waals surface area contributed by atoms with E-state index >= 15 is 0 Å². The smallest absolute Gasteiger partial charge is 0.223 e. The second-order valence-electron chi connectivity index (χ2n) is 4.91. The van der Waals surface area contributed by atoms with Crippen molar-refractivity contribution in [3.05, 3.63) is 35.4 Å². The number of carbonyl (C=O) groups is 1. The molecule has 0 spiro atoms. The standard InChI is InChI=1S/C14H19NO/c1-9-6-4-5-7-12(9)11(3)15-14(16)13-8-10(13)2/h4-7,10-11,13H,8H2,1-3H3,(H,15,16). The molecule has 1 fully saturated rings. The Kier molecular flexibility index (Phi) is 2.99. The largest absolute Gasteiger partial charge is 0.349 e. The SMILES string of the molecule is Cc1ccccc1C(C)NC(=O)C1CC1C. The van der Waals surface area contributed by atoms with Crippen LogP contribution in [0.5, 0.6) is 0 Å². The highest BCUT2D eigenvalue weighted by molar-refractivity contribution is 5.81. The molecule has 1 aliphatic rings. The normalized spacial score (nSPS) is 24.9. The van der Waals surface area contributed by atoms with Gasteiger partial charge < -0.3 is 5.32 Å². The van der Waals surface area contributed by atoms with Gasteiger partial charge in [-0.15, -0.1) is 0 Å². The van der Waals surface area contributed by atoms with E-state index in [4.69, 9.17) is 0 Å². The van der Waals surface area contributed by atoms with E-state index in [1.165, 1.54) is 11.1 Å². The van der Waals surface area contributed by atoms with E-state index < -0.39 is 0 Å². The number of amides is 1. The molecule has 1 amide bonds. The van der Waals surface area contributed by atoms with Gasteiger partial charge in [-0.25, -0.2) is 0 Å². The number of hydrogen-bond donors (Lipinski definition) is 1. The van der Waals surface area contributed by atoms with Crippen molar-refractivity contribution in [1.82, 2.24) is 5.32 Å². The van der Waals surface area contributed by atoms with Gasteiger partial charge in [0.15, 0.2) is 0 Å². The van der Waals surface area contributed by atoms with Gasteiger partial charge in [-0.1, -0.05) is 31.2 Å². The fourth-order valence-electron chi connectivity index (χ4n) is 2.16. The first-order valence-electron chi connectivity index (χ1n) is 5.95. The lowest BCUT2D eigenvalue weighted by molar-refractivity contribution is -0.123. The molecule has 16 heavy (non-hydrogen) atoms. The van der Waals surface area contributed by atoms with E-state index in [-0.39, 0.29) is 17.9 Å². The molecular formula is C14H19NO. The molecule has 0 aliphatic heterocycles. The average Bonchev–Trinajstić information content (AvgIpc) is 2.96. The Balaban J connectivity index is 2.00. The van der Waals surface area contributed by atoms with Gasteiger partial charge >= 0.3 is 0 Å². The van der Waals surface area contributed by atoms with Crippen molar-refractivity contribution in [2.24, 2.45) is 11.8 Å². The van der Waals surface area contributed by atoms with Gasteiger partial charge in [-0.2, -0.15) is 0 Å².